The fourth-order valence-electron chi connectivity index (χ4n) is 1.95. The van der Waals surface area contributed by atoms with Crippen molar-refractivity contribution in [2.75, 3.05) is 0 Å². The maximum atomic E-state index is 12.1. The Morgan fingerprint density at radius 3 is 2.67 bits per heavy atom. The molecule has 0 aliphatic carbocycles. The van der Waals surface area contributed by atoms with E-state index in [9.17, 15) is 9.59 Å². The van der Waals surface area contributed by atoms with Crippen molar-refractivity contribution in [2.24, 2.45) is 0 Å². The molecule has 0 aliphatic heterocycles. The zero-order valence-electron chi connectivity index (χ0n) is 11.8. The Bertz CT molecular complexity index is 653. The van der Waals surface area contributed by atoms with Gasteiger partial charge in [0.2, 0.25) is 0 Å². The zero-order valence-corrected chi connectivity index (χ0v) is 12.6. The molecule has 2 aromatic rings. The van der Waals surface area contributed by atoms with Gasteiger partial charge in [-0.25, -0.2) is 4.79 Å². The minimum atomic E-state index is -1.04. The molecule has 1 unspecified atom stereocenters. The highest BCUT2D eigenvalue weighted by atomic mass is 32.1. The van der Waals surface area contributed by atoms with Crippen molar-refractivity contribution in [3.8, 4) is 11.3 Å². The number of nitrogens with zero attached hydrogens (tertiary/aromatic N) is 1. The SMILES string of the molecule is CCC(NC(=O)c1ccc(-c2ccsc2)nc1C)C(=O)O. The van der Waals surface area contributed by atoms with E-state index < -0.39 is 17.9 Å². The fourth-order valence-corrected chi connectivity index (χ4v) is 2.60. The van der Waals surface area contributed by atoms with E-state index in [-0.39, 0.29) is 0 Å². The van der Waals surface area contributed by atoms with Gasteiger partial charge in [-0.05, 0) is 36.9 Å². The molecule has 0 fully saturated rings. The first-order chi connectivity index (χ1) is 10.0. The molecule has 0 bridgehead atoms. The molecule has 6 heteroatoms. The number of aromatic nitrogens is 1. The topological polar surface area (TPSA) is 79.3 Å². The monoisotopic (exact) mass is 304 g/mol. The maximum Gasteiger partial charge on any atom is 0.326 e. The minimum absolute atomic E-state index is 0.334. The van der Waals surface area contributed by atoms with Gasteiger partial charge >= 0.3 is 5.97 Å². The van der Waals surface area contributed by atoms with Crippen molar-refractivity contribution in [1.82, 2.24) is 10.3 Å². The number of carboxylic acids is 1. The van der Waals surface area contributed by atoms with Crippen LogP contribution in [-0.2, 0) is 4.79 Å². The Morgan fingerprint density at radius 2 is 2.14 bits per heavy atom. The molecule has 5 nitrogen and oxygen atoms in total. The summed E-state index contributed by atoms with van der Waals surface area (Å²) in [4.78, 5) is 27.5. The lowest BCUT2D eigenvalue weighted by molar-refractivity contribution is -0.139. The average molecular weight is 304 g/mol. The summed E-state index contributed by atoms with van der Waals surface area (Å²) in [5.74, 6) is -1.45. The number of pyridine rings is 1. The summed E-state index contributed by atoms with van der Waals surface area (Å²) in [5.41, 5.74) is 2.78. The molecule has 0 aromatic carbocycles. The van der Waals surface area contributed by atoms with Crippen molar-refractivity contribution in [3.63, 3.8) is 0 Å². The summed E-state index contributed by atoms with van der Waals surface area (Å²) in [6, 6.07) is 4.53. The van der Waals surface area contributed by atoms with Gasteiger partial charge in [0.25, 0.3) is 5.91 Å². The van der Waals surface area contributed by atoms with Crippen LogP contribution in [0.2, 0.25) is 0 Å². The Balaban J connectivity index is 2.21. The number of carbonyl (C=O) groups excluding carboxylic acids is 1. The van der Waals surface area contributed by atoms with Gasteiger partial charge in [0.05, 0.1) is 17.0 Å². The lowest BCUT2D eigenvalue weighted by atomic mass is 10.1. The third kappa shape index (κ3) is 3.46. The van der Waals surface area contributed by atoms with Gasteiger partial charge in [0.1, 0.15) is 6.04 Å². The molecule has 2 N–H and O–H groups in total. The summed E-state index contributed by atoms with van der Waals surface area (Å²) in [6.07, 6.45) is 0.334. The number of hydrogen-bond acceptors (Lipinski definition) is 4. The molecule has 1 atom stereocenters. The summed E-state index contributed by atoms with van der Waals surface area (Å²) >= 11 is 1.58. The smallest absolute Gasteiger partial charge is 0.326 e. The second-order valence-corrected chi connectivity index (χ2v) is 5.39. The van der Waals surface area contributed by atoms with Crippen molar-refractivity contribution in [1.29, 1.82) is 0 Å². The first-order valence-corrected chi connectivity index (χ1v) is 7.51. The number of hydrogen-bond donors (Lipinski definition) is 2. The van der Waals surface area contributed by atoms with Crippen LogP contribution in [0.4, 0.5) is 0 Å². The molecule has 0 spiro atoms. The lowest BCUT2D eigenvalue weighted by Crippen LogP contribution is -2.40. The number of carboxylic acid groups (broad SMARTS) is 1. The predicted octanol–water partition coefficient (Wildman–Crippen LogP) is 2.71. The highest BCUT2D eigenvalue weighted by Crippen LogP contribution is 2.21. The average Bonchev–Trinajstić information content (AvgIpc) is 2.98. The number of rotatable bonds is 5. The summed E-state index contributed by atoms with van der Waals surface area (Å²) < 4.78 is 0. The first-order valence-electron chi connectivity index (χ1n) is 6.56. The minimum Gasteiger partial charge on any atom is -0.480 e. The number of carbonyl (C=O) groups is 2. The van der Waals surface area contributed by atoms with Crippen LogP contribution >= 0.6 is 11.3 Å². The zero-order chi connectivity index (χ0) is 15.4. The summed E-state index contributed by atoms with van der Waals surface area (Å²) in [6.45, 7) is 3.45. The quantitative estimate of drug-likeness (QED) is 0.890. The predicted molar refractivity (Wildman–Crippen MR) is 81.5 cm³/mol. The second-order valence-electron chi connectivity index (χ2n) is 4.61. The number of amides is 1. The molecular weight excluding hydrogens is 288 g/mol. The van der Waals surface area contributed by atoms with Gasteiger partial charge in [-0.3, -0.25) is 9.78 Å². The molecule has 21 heavy (non-hydrogen) atoms. The third-order valence-electron chi connectivity index (χ3n) is 3.16. The van der Waals surface area contributed by atoms with E-state index in [0.29, 0.717) is 17.7 Å². The van der Waals surface area contributed by atoms with E-state index in [1.807, 2.05) is 16.8 Å². The van der Waals surface area contributed by atoms with Gasteiger partial charge in [0, 0.05) is 10.9 Å². The van der Waals surface area contributed by atoms with Crippen molar-refractivity contribution < 1.29 is 14.7 Å². The Morgan fingerprint density at radius 1 is 1.38 bits per heavy atom. The molecular formula is C15H16N2O3S. The van der Waals surface area contributed by atoms with Crippen LogP contribution in [0.1, 0.15) is 29.4 Å². The van der Waals surface area contributed by atoms with Crippen LogP contribution in [0.5, 0.6) is 0 Å². The number of aryl methyl sites for hydroxylation is 1. The largest absolute Gasteiger partial charge is 0.480 e. The molecule has 0 saturated heterocycles. The van der Waals surface area contributed by atoms with E-state index >= 15 is 0 Å². The molecule has 2 heterocycles. The molecule has 2 aromatic heterocycles. The molecule has 110 valence electrons. The first kappa shape index (κ1) is 15.2. The van der Waals surface area contributed by atoms with Gasteiger partial charge in [-0.1, -0.05) is 6.92 Å². The summed E-state index contributed by atoms with van der Waals surface area (Å²) in [7, 11) is 0. The third-order valence-corrected chi connectivity index (χ3v) is 3.84. The number of thiophene rings is 1. The van der Waals surface area contributed by atoms with Crippen molar-refractivity contribution in [3.05, 3.63) is 40.2 Å². The normalized spacial score (nSPS) is 11.9. The van der Waals surface area contributed by atoms with Crippen molar-refractivity contribution >= 4 is 23.2 Å². The van der Waals surface area contributed by atoms with Crippen LogP contribution in [0, 0.1) is 6.92 Å². The van der Waals surface area contributed by atoms with E-state index in [1.165, 1.54) is 0 Å². The number of nitrogens with one attached hydrogen (secondary N) is 1. The van der Waals surface area contributed by atoms with E-state index in [0.717, 1.165) is 11.3 Å². The Labute approximate surface area is 126 Å². The van der Waals surface area contributed by atoms with E-state index in [2.05, 4.69) is 10.3 Å². The number of aliphatic carboxylic acids is 1. The molecule has 1 amide bonds. The Kier molecular flexibility index (Phi) is 4.70. The van der Waals surface area contributed by atoms with E-state index in [4.69, 9.17) is 5.11 Å². The molecule has 2 rings (SSSR count). The highest BCUT2D eigenvalue weighted by Gasteiger charge is 2.20. The van der Waals surface area contributed by atoms with Crippen LogP contribution < -0.4 is 5.32 Å². The van der Waals surface area contributed by atoms with Crippen molar-refractivity contribution in [2.45, 2.75) is 26.3 Å². The van der Waals surface area contributed by atoms with Crippen LogP contribution in [0.3, 0.4) is 0 Å². The highest BCUT2D eigenvalue weighted by molar-refractivity contribution is 7.08. The van der Waals surface area contributed by atoms with Crippen LogP contribution in [0.25, 0.3) is 11.3 Å². The van der Waals surface area contributed by atoms with Gasteiger partial charge in [-0.15, -0.1) is 0 Å². The molecule has 0 radical (unpaired) electrons. The van der Waals surface area contributed by atoms with Crippen LogP contribution in [0.15, 0.2) is 29.0 Å². The van der Waals surface area contributed by atoms with Crippen LogP contribution in [-0.4, -0.2) is 28.0 Å². The second kappa shape index (κ2) is 6.49. The van der Waals surface area contributed by atoms with Gasteiger partial charge in [-0.2, -0.15) is 11.3 Å². The van der Waals surface area contributed by atoms with Gasteiger partial charge in [0.15, 0.2) is 0 Å². The summed E-state index contributed by atoms with van der Waals surface area (Å²) in [5, 5.41) is 15.4. The molecule has 0 aliphatic rings. The lowest BCUT2D eigenvalue weighted by Gasteiger charge is -2.13. The Hall–Kier alpha value is -2.21. The maximum absolute atomic E-state index is 12.1. The standard InChI is InChI=1S/C15H16N2O3S/c1-3-12(15(19)20)17-14(18)11-4-5-13(16-9(11)2)10-6-7-21-8-10/h4-8,12H,3H2,1-2H3,(H,17,18)(H,19,20). The van der Waals surface area contributed by atoms with Gasteiger partial charge < -0.3 is 10.4 Å². The van der Waals surface area contributed by atoms with E-state index in [1.54, 1.807) is 37.3 Å². The fraction of sp³-hybridized carbons (Fsp3) is 0.267. The molecule has 0 saturated carbocycles.